The van der Waals surface area contributed by atoms with E-state index in [9.17, 15) is 9.59 Å². The molecule has 0 bridgehead atoms. The summed E-state index contributed by atoms with van der Waals surface area (Å²) in [7, 11) is 0. The van der Waals surface area contributed by atoms with Crippen molar-refractivity contribution in [2.24, 2.45) is 0 Å². The van der Waals surface area contributed by atoms with Gasteiger partial charge >= 0.3 is 133 Å². The molecule has 4 nitrogen and oxygen atoms in total. The molecule has 0 spiro atoms. The first kappa shape index (κ1) is 20.2. The molecule has 0 heterocycles. The Morgan fingerprint density at radius 1 is 0.857 bits per heavy atom. The van der Waals surface area contributed by atoms with Crippen LogP contribution in [0.25, 0.3) is 0 Å². The van der Waals surface area contributed by atoms with Gasteiger partial charge in [0.1, 0.15) is 0 Å². The van der Waals surface area contributed by atoms with Gasteiger partial charge in [0.05, 0.1) is 0 Å². The topological polar surface area (TPSA) is 52.6 Å². The van der Waals surface area contributed by atoms with Crippen LogP contribution in [0.1, 0.15) is 53.4 Å². The number of carbonyl (C=O) groups is 2. The van der Waals surface area contributed by atoms with Crippen molar-refractivity contribution in [3.63, 3.8) is 0 Å². The van der Waals surface area contributed by atoms with Crippen LogP contribution in [0.4, 0.5) is 0 Å². The van der Waals surface area contributed by atoms with E-state index in [0.29, 0.717) is 34.6 Å². The third kappa shape index (κ3) is 8.96. The first-order valence-electron chi connectivity index (χ1n) is 7.47. The summed E-state index contributed by atoms with van der Waals surface area (Å²) in [5.41, 5.74) is 1.75. The van der Waals surface area contributed by atoms with E-state index < -0.39 is 19.2 Å². The normalized spacial score (nSPS) is 10.9. The molecule has 120 valence electrons. The van der Waals surface area contributed by atoms with Gasteiger partial charge in [0.15, 0.2) is 0 Å². The Bertz CT molecular complexity index is 363. The van der Waals surface area contributed by atoms with Gasteiger partial charge in [0, 0.05) is 0 Å². The van der Waals surface area contributed by atoms with E-state index >= 15 is 0 Å². The standard InChI is InChI=1S/2C4H8O2.2C4H7.Sn/c2*1-2-3-4(5)6;2*1-4(2)3;/h2*2-3H2,1H3,(H,5,6);2*1-2H2,3H3;/q;;;;+2/p-2. The van der Waals surface area contributed by atoms with Crippen molar-refractivity contribution >= 4 is 31.1 Å². The van der Waals surface area contributed by atoms with Crippen LogP contribution in [0.2, 0.25) is 8.87 Å². The molecule has 0 radical (unpaired) electrons. The summed E-state index contributed by atoms with van der Waals surface area (Å²) in [6.45, 7) is 15.4. The van der Waals surface area contributed by atoms with E-state index in [1.165, 1.54) is 0 Å². The molecule has 0 aromatic rings. The van der Waals surface area contributed by atoms with Crippen molar-refractivity contribution < 1.29 is 15.7 Å². The number of hydrogen-bond donors (Lipinski definition) is 0. The van der Waals surface area contributed by atoms with E-state index in [4.69, 9.17) is 6.15 Å². The van der Waals surface area contributed by atoms with Crippen molar-refractivity contribution in [2.75, 3.05) is 0 Å². The summed E-state index contributed by atoms with van der Waals surface area (Å²) in [4.78, 5) is 23.9. The zero-order valence-electron chi connectivity index (χ0n) is 13.8. The number of allylic oxidation sites excluding steroid dienone is 2. The fourth-order valence-corrected chi connectivity index (χ4v) is 11.6. The van der Waals surface area contributed by atoms with Gasteiger partial charge in [0.25, 0.3) is 0 Å². The first-order valence-corrected chi connectivity index (χ1v) is 13.8. The molecule has 0 rings (SSSR count). The van der Waals surface area contributed by atoms with Crippen LogP contribution in [0.3, 0.4) is 0 Å². The van der Waals surface area contributed by atoms with Gasteiger partial charge in [-0.25, -0.2) is 0 Å². The second-order valence-corrected chi connectivity index (χ2v) is 14.0. The van der Waals surface area contributed by atoms with E-state index in [1.807, 2.05) is 27.7 Å². The Labute approximate surface area is 133 Å². The van der Waals surface area contributed by atoms with E-state index in [2.05, 4.69) is 13.2 Å². The van der Waals surface area contributed by atoms with Crippen molar-refractivity contribution in [1.29, 1.82) is 0 Å². The SMILES string of the molecule is C=C(C)[CH2][Sn]([CH2]C(=C)C)([O]C(=O)CCC)[O]C(=O)CCC. The second kappa shape index (κ2) is 10.0. The molecule has 0 aliphatic carbocycles. The molecule has 0 fully saturated rings. The average molecular weight is 403 g/mol. The van der Waals surface area contributed by atoms with Gasteiger partial charge in [-0.05, 0) is 0 Å². The molecule has 0 amide bonds. The molecule has 0 unspecified atom stereocenters. The van der Waals surface area contributed by atoms with Crippen LogP contribution in [0, 0.1) is 0 Å². The summed E-state index contributed by atoms with van der Waals surface area (Å²) in [5, 5.41) is 0. The summed E-state index contributed by atoms with van der Waals surface area (Å²) in [6.07, 6.45) is 2.11. The van der Waals surface area contributed by atoms with E-state index in [-0.39, 0.29) is 11.9 Å². The van der Waals surface area contributed by atoms with Crippen molar-refractivity contribution in [1.82, 2.24) is 0 Å². The van der Waals surface area contributed by atoms with Gasteiger partial charge in [-0.3, -0.25) is 0 Å². The number of hydrogen-bond acceptors (Lipinski definition) is 4. The summed E-state index contributed by atoms with van der Waals surface area (Å²) in [6, 6.07) is 0. The average Bonchev–Trinajstić information content (AvgIpc) is 2.26. The maximum atomic E-state index is 11.9. The Kier molecular flexibility index (Phi) is 9.66. The summed E-state index contributed by atoms with van der Waals surface area (Å²) in [5.74, 6) is -0.555. The summed E-state index contributed by atoms with van der Waals surface area (Å²) < 4.78 is 12.4. The first-order chi connectivity index (χ1) is 9.74. The minimum atomic E-state index is -3.90. The molecule has 0 aromatic carbocycles. The van der Waals surface area contributed by atoms with Crippen LogP contribution in [0.5, 0.6) is 0 Å². The quantitative estimate of drug-likeness (QED) is 0.404. The monoisotopic (exact) mass is 404 g/mol. The van der Waals surface area contributed by atoms with E-state index in [1.54, 1.807) is 0 Å². The van der Waals surface area contributed by atoms with Gasteiger partial charge in [0.2, 0.25) is 0 Å². The molecule has 5 heteroatoms. The van der Waals surface area contributed by atoms with Crippen LogP contribution in [-0.4, -0.2) is 31.1 Å². The fourth-order valence-electron chi connectivity index (χ4n) is 2.07. The minimum absolute atomic E-state index is 0.278. The molecule has 0 aromatic heterocycles. The Balaban J connectivity index is 5.28. The molecular formula is C16H28O4Sn. The number of rotatable bonds is 10. The van der Waals surface area contributed by atoms with Gasteiger partial charge < -0.3 is 0 Å². The molecule has 0 saturated carbocycles. The molecule has 0 aliphatic heterocycles. The Hall–Kier alpha value is -0.781. The van der Waals surface area contributed by atoms with Gasteiger partial charge in [-0.1, -0.05) is 0 Å². The predicted molar refractivity (Wildman–Crippen MR) is 87.0 cm³/mol. The van der Waals surface area contributed by atoms with Crippen molar-refractivity contribution in [2.45, 2.75) is 62.3 Å². The predicted octanol–water partition coefficient (Wildman–Crippen LogP) is 4.27. The van der Waals surface area contributed by atoms with Crippen molar-refractivity contribution in [3.8, 4) is 0 Å². The molecule has 0 atom stereocenters. The van der Waals surface area contributed by atoms with Gasteiger partial charge in [-0.2, -0.15) is 0 Å². The van der Waals surface area contributed by atoms with Crippen molar-refractivity contribution in [3.05, 3.63) is 24.3 Å². The van der Waals surface area contributed by atoms with Crippen LogP contribution < -0.4 is 0 Å². The molecule has 0 saturated heterocycles. The molecular weight excluding hydrogens is 375 g/mol. The Morgan fingerprint density at radius 3 is 1.43 bits per heavy atom. The fraction of sp³-hybridized carbons (Fsp3) is 0.625. The third-order valence-corrected chi connectivity index (χ3v) is 12.6. The maximum absolute atomic E-state index is 11.9. The summed E-state index contributed by atoms with van der Waals surface area (Å²) >= 11 is -3.90. The zero-order chi connectivity index (χ0) is 16.5. The van der Waals surface area contributed by atoms with Crippen LogP contribution >= 0.6 is 0 Å². The number of carbonyl (C=O) groups excluding carboxylic acids is 2. The van der Waals surface area contributed by atoms with E-state index in [0.717, 1.165) is 11.1 Å². The molecule has 21 heavy (non-hydrogen) atoms. The zero-order valence-corrected chi connectivity index (χ0v) is 16.6. The van der Waals surface area contributed by atoms with Gasteiger partial charge in [-0.15, -0.1) is 0 Å². The van der Waals surface area contributed by atoms with Crippen LogP contribution in [0.15, 0.2) is 24.3 Å². The van der Waals surface area contributed by atoms with Crippen LogP contribution in [-0.2, 0) is 15.7 Å². The Morgan fingerprint density at radius 2 is 1.19 bits per heavy atom. The second-order valence-electron chi connectivity index (χ2n) is 5.63. The third-order valence-electron chi connectivity index (χ3n) is 2.65. The molecule has 0 aliphatic rings. The molecule has 0 N–H and O–H groups in total.